The smallest absolute Gasteiger partial charge is 0.248 e. The lowest BCUT2D eigenvalue weighted by atomic mass is 9.99. The van der Waals surface area contributed by atoms with E-state index in [1.54, 1.807) is 19.4 Å². The number of amides is 1. The molecule has 0 fully saturated rings. The summed E-state index contributed by atoms with van der Waals surface area (Å²) < 4.78 is 11.4. The van der Waals surface area contributed by atoms with Crippen molar-refractivity contribution >= 4 is 28.1 Å². The van der Waals surface area contributed by atoms with E-state index in [-0.39, 0.29) is 5.91 Å². The van der Waals surface area contributed by atoms with Crippen LogP contribution < -0.4 is 10.1 Å². The topological polar surface area (TPSA) is 51.5 Å². The molecule has 0 spiro atoms. The minimum absolute atomic E-state index is 0.177. The Hall–Kier alpha value is -3.79. The highest BCUT2D eigenvalue weighted by Gasteiger charge is 2.15. The summed E-state index contributed by atoms with van der Waals surface area (Å²) in [6, 6.07) is 20.0. The maximum Gasteiger partial charge on any atom is 0.248 e. The molecule has 1 amide bonds. The van der Waals surface area contributed by atoms with E-state index in [0.29, 0.717) is 5.75 Å². The van der Waals surface area contributed by atoms with E-state index in [9.17, 15) is 4.79 Å². The van der Waals surface area contributed by atoms with Gasteiger partial charge in [0.25, 0.3) is 0 Å². The van der Waals surface area contributed by atoms with Crippen molar-refractivity contribution in [1.29, 1.82) is 0 Å². The van der Waals surface area contributed by atoms with E-state index in [2.05, 4.69) is 17.4 Å². The first-order valence-corrected chi connectivity index (χ1v) is 10.2. The minimum Gasteiger partial charge on any atom is -0.496 e. The number of carbonyl (C=O) groups excluding carboxylic acids is 1. The van der Waals surface area contributed by atoms with Crippen molar-refractivity contribution in [3.63, 3.8) is 0 Å². The number of anilines is 1. The molecular formula is C27H25NO3. The van der Waals surface area contributed by atoms with Crippen molar-refractivity contribution < 1.29 is 13.9 Å². The van der Waals surface area contributed by atoms with Crippen molar-refractivity contribution in [3.05, 3.63) is 89.7 Å². The molecule has 31 heavy (non-hydrogen) atoms. The summed E-state index contributed by atoms with van der Waals surface area (Å²) >= 11 is 0. The molecule has 1 aromatic heterocycles. The molecule has 4 nitrogen and oxygen atoms in total. The van der Waals surface area contributed by atoms with Crippen LogP contribution in [0.1, 0.15) is 23.6 Å². The Bertz CT molecular complexity index is 1280. The van der Waals surface area contributed by atoms with Crippen LogP contribution in [0.2, 0.25) is 0 Å². The molecule has 0 aliphatic heterocycles. The van der Waals surface area contributed by atoms with Crippen molar-refractivity contribution in [2.45, 2.75) is 20.8 Å². The average molecular weight is 412 g/mol. The fourth-order valence-corrected chi connectivity index (χ4v) is 3.69. The van der Waals surface area contributed by atoms with E-state index in [4.69, 9.17) is 9.15 Å². The number of rotatable bonds is 5. The van der Waals surface area contributed by atoms with Crippen molar-refractivity contribution in [1.82, 2.24) is 0 Å². The van der Waals surface area contributed by atoms with Gasteiger partial charge in [-0.25, -0.2) is 0 Å². The van der Waals surface area contributed by atoms with Gasteiger partial charge in [-0.2, -0.15) is 0 Å². The van der Waals surface area contributed by atoms with Crippen molar-refractivity contribution in [2.75, 3.05) is 12.4 Å². The van der Waals surface area contributed by atoms with Gasteiger partial charge in [0.1, 0.15) is 11.3 Å². The molecule has 4 heteroatoms. The molecule has 3 aromatic carbocycles. The van der Waals surface area contributed by atoms with Gasteiger partial charge in [0.15, 0.2) is 0 Å². The van der Waals surface area contributed by atoms with E-state index < -0.39 is 0 Å². The molecule has 1 N–H and O–H groups in total. The predicted molar refractivity (Wildman–Crippen MR) is 126 cm³/mol. The van der Waals surface area contributed by atoms with Crippen LogP contribution in [-0.2, 0) is 4.79 Å². The average Bonchev–Trinajstić information content (AvgIpc) is 3.18. The summed E-state index contributed by atoms with van der Waals surface area (Å²) in [5, 5.41) is 3.96. The summed E-state index contributed by atoms with van der Waals surface area (Å²) in [5.41, 5.74) is 7.42. The number of nitrogens with one attached hydrogen (secondary N) is 1. The fourth-order valence-electron chi connectivity index (χ4n) is 3.69. The third-order valence-corrected chi connectivity index (χ3v) is 5.40. The fraction of sp³-hybridized carbons (Fsp3) is 0.148. The zero-order chi connectivity index (χ0) is 22.0. The van der Waals surface area contributed by atoms with Gasteiger partial charge in [-0.1, -0.05) is 42.5 Å². The van der Waals surface area contributed by atoms with Crippen LogP contribution in [0.25, 0.3) is 27.7 Å². The standard InChI is InChI=1S/C27H25NO3/c1-17-10-11-18(2)24(12-17)28-27(29)13-19(3)21-14-22-23(20-8-6-5-7-9-20)16-31-26(22)15-25(21)30-4/h5-16H,1-4H3,(H,28,29)/b19-13+. The molecule has 1 heterocycles. The number of allylic oxidation sites excluding steroid dienone is 1. The summed E-state index contributed by atoms with van der Waals surface area (Å²) in [6.45, 7) is 5.90. The normalized spacial score (nSPS) is 11.5. The SMILES string of the molecule is COc1cc2occ(-c3ccccc3)c2cc1/C(C)=C/C(=O)Nc1cc(C)ccc1C. The number of hydrogen-bond acceptors (Lipinski definition) is 3. The highest BCUT2D eigenvalue weighted by Crippen LogP contribution is 2.37. The van der Waals surface area contributed by atoms with Gasteiger partial charge in [-0.15, -0.1) is 0 Å². The highest BCUT2D eigenvalue weighted by atomic mass is 16.5. The van der Waals surface area contributed by atoms with Crippen LogP contribution in [0.15, 0.2) is 77.4 Å². The Morgan fingerprint density at radius 1 is 1.03 bits per heavy atom. The number of aryl methyl sites for hydroxylation is 2. The lowest BCUT2D eigenvalue weighted by molar-refractivity contribution is -0.111. The molecule has 0 bridgehead atoms. The highest BCUT2D eigenvalue weighted by molar-refractivity contribution is 6.05. The van der Waals surface area contributed by atoms with E-state index in [1.807, 2.05) is 69.3 Å². The number of furan rings is 1. The van der Waals surface area contributed by atoms with Gasteiger partial charge >= 0.3 is 0 Å². The second kappa shape index (κ2) is 8.52. The lowest BCUT2D eigenvalue weighted by Gasteiger charge is -2.11. The lowest BCUT2D eigenvalue weighted by Crippen LogP contribution is -2.10. The van der Waals surface area contributed by atoms with Gasteiger partial charge < -0.3 is 14.5 Å². The Morgan fingerprint density at radius 2 is 1.81 bits per heavy atom. The Labute approximate surface area is 182 Å². The summed E-state index contributed by atoms with van der Waals surface area (Å²) in [6.07, 6.45) is 3.36. The van der Waals surface area contributed by atoms with Gasteiger partial charge in [0, 0.05) is 34.3 Å². The van der Waals surface area contributed by atoms with Crippen LogP contribution in [0.3, 0.4) is 0 Å². The predicted octanol–water partition coefficient (Wildman–Crippen LogP) is 6.77. The number of carbonyl (C=O) groups is 1. The van der Waals surface area contributed by atoms with Crippen LogP contribution in [0, 0.1) is 13.8 Å². The number of hydrogen-bond donors (Lipinski definition) is 1. The molecular weight excluding hydrogens is 386 g/mol. The third kappa shape index (κ3) is 4.24. The minimum atomic E-state index is -0.177. The molecule has 0 saturated heterocycles. The first-order chi connectivity index (χ1) is 15.0. The molecule has 4 aromatic rings. The second-order valence-electron chi connectivity index (χ2n) is 7.70. The van der Waals surface area contributed by atoms with E-state index in [0.717, 1.165) is 50.0 Å². The quantitative estimate of drug-likeness (QED) is 0.369. The Kier molecular flexibility index (Phi) is 5.63. The maximum atomic E-state index is 12.7. The second-order valence-corrected chi connectivity index (χ2v) is 7.70. The molecule has 4 rings (SSSR count). The summed E-state index contributed by atoms with van der Waals surface area (Å²) in [7, 11) is 1.62. The number of methoxy groups -OCH3 is 1. The van der Waals surface area contributed by atoms with Gasteiger partial charge in [-0.05, 0) is 55.2 Å². The molecule has 0 aliphatic carbocycles. The number of ether oxygens (including phenoxy) is 1. The largest absolute Gasteiger partial charge is 0.496 e. The monoisotopic (exact) mass is 411 g/mol. The number of benzene rings is 3. The van der Waals surface area contributed by atoms with Crippen LogP contribution in [-0.4, -0.2) is 13.0 Å². The zero-order valence-electron chi connectivity index (χ0n) is 18.2. The van der Waals surface area contributed by atoms with Crippen LogP contribution >= 0.6 is 0 Å². The first kappa shape index (κ1) is 20.5. The Morgan fingerprint density at radius 3 is 2.55 bits per heavy atom. The van der Waals surface area contributed by atoms with Crippen molar-refractivity contribution in [2.24, 2.45) is 0 Å². The van der Waals surface area contributed by atoms with Crippen LogP contribution in [0.5, 0.6) is 5.75 Å². The number of fused-ring (bicyclic) bond motifs is 1. The maximum absolute atomic E-state index is 12.7. The molecule has 0 radical (unpaired) electrons. The molecule has 0 saturated carbocycles. The van der Waals surface area contributed by atoms with Crippen molar-refractivity contribution in [3.8, 4) is 16.9 Å². The summed E-state index contributed by atoms with van der Waals surface area (Å²) in [5.74, 6) is 0.485. The van der Waals surface area contributed by atoms with Gasteiger partial charge in [0.2, 0.25) is 5.91 Å². The van der Waals surface area contributed by atoms with Crippen LogP contribution in [0.4, 0.5) is 5.69 Å². The van der Waals surface area contributed by atoms with Gasteiger partial charge in [0.05, 0.1) is 13.4 Å². The van der Waals surface area contributed by atoms with Gasteiger partial charge in [-0.3, -0.25) is 4.79 Å². The first-order valence-electron chi connectivity index (χ1n) is 10.2. The van der Waals surface area contributed by atoms with E-state index in [1.165, 1.54) is 0 Å². The molecule has 156 valence electrons. The summed E-state index contributed by atoms with van der Waals surface area (Å²) in [4.78, 5) is 12.7. The molecule has 0 aliphatic rings. The third-order valence-electron chi connectivity index (χ3n) is 5.40. The Balaban J connectivity index is 1.71. The molecule has 0 atom stereocenters. The van der Waals surface area contributed by atoms with E-state index >= 15 is 0 Å². The molecule has 0 unspecified atom stereocenters. The zero-order valence-corrected chi connectivity index (χ0v) is 18.2.